The van der Waals surface area contributed by atoms with Gasteiger partial charge in [0.15, 0.2) is 0 Å². The second-order valence-corrected chi connectivity index (χ2v) is 10.0. The van der Waals surface area contributed by atoms with Gasteiger partial charge in [0.25, 0.3) is 0 Å². The van der Waals surface area contributed by atoms with Gasteiger partial charge in [0.2, 0.25) is 11.8 Å². The quantitative estimate of drug-likeness (QED) is 0.284. The van der Waals surface area contributed by atoms with E-state index in [1.807, 2.05) is 73.7 Å². The maximum atomic E-state index is 13.8. The first-order valence-electron chi connectivity index (χ1n) is 14.0. The molecule has 0 aromatic heterocycles. The van der Waals surface area contributed by atoms with Crippen molar-refractivity contribution in [1.82, 2.24) is 16.0 Å². The van der Waals surface area contributed by atoms with Crippen LogP contribution in [0.15, 0.2) is 66.7 Å². The number of amides is 4. The highest BCUT2D eigenvalue weighted by atomic mass is 16.5. The lowest BCUT2D eigenvalue weighted by Gasteiger charge is -2.27. The Kier molecular flexibility index (Phi) is 10.3. The van der Waals surface area contributed by atoms with E-state index in [9.17, 15) is 14.4 Å². The van der Waals surface area contributed by atoms with E-state index in [0.29, 0.717) is 32.4 Å². The number of hydrogen-bond acceptors (Lipinski definition) is 5. The molecule has 41 heavy (non-hydrogen) atoms. The van der Waals surface area contributed by atoms with Crippen LogP contribution in [0.4, 0.5) is 10.5 Å². The summed E-state index contributed by atoms with van der Waals surface area (Å²) in [5, 5.41) is 17.3. The molecule has 4 rings (SSSR count). The molecule has 0 fully saturated rings. The maximum Gasteiger partial charge on any atom is 0.315 e. The van der Waals surface area contributed by atoms with E-state index in [4.69, 9.17) is 9.84 Å². The van der Waals surface area contributed by atoms with Crippen molar-refractivity contribution in [2.45, 2.75) is 51.7 Å². The number of fused-ring (bicyclic) bond motifs is 1. The molecule has 0 unspecified atom stereocenters. The van der Waals surface area contributed by atoms with Crippen LogP contribution in [-0.2, 0) is 29.1 Å². The molecule has 1 atom stereocenters. The molecular weight excluding hydrogens is 520 g/mol. The van der Waals surface area contributed by atoms with Gasteiger partial charge in [0.05, 0.1) is 20.3 Å². The van der Waals surface area contributed by atoms with Crippen LogP contribution in [0.2, 0.25) is 0 Å². The van der Waals surface area contributed by atoms with Crippen molar-refractivity contribution < 1.29 is 24.2 Å². The van der Waals surface area contributed by atoms with Gasteiger partial charge in [-0.15, -0.1) is 0 Å². The molecule has 9 nitrogen and oxygen atoms in total. The van der Waals surface area contributed by atoms with Gasteiger partial charge in [0, 0.05) is 25.2 Å². The molecule has 0 radical (unpaired) electrons. The fraction of sp³-hybridized carbons (Fsp3) is 0.344. The number of aliphatic hydroxyl groups excluding tert-OH is 1. The highest BCUT2D eigenvalue weighted by Crippen LogP contribution is 2.32. The highest BCUT2D eigenvalue weighted by Gasteiger charge is 2.31. The van der Waals surface area contributed by atoms with Gasteiger partial charge in [0.1, 0.15) is 11.8 Å². The third kappa shape index (κ3) is 7.64. The van der Waals surface area contributed by atoms with E-state index in [2.05, 4.69) is 16.0 Å². The van der Waals surface area contributed by atoms with Crippen molar-refractivity contribution in [1.29, 1.82) is 0 Å². The minimum Gasteiger partial charge on any atom is -0.497 e. The van der Waals surface area contributed by atoms with E-state index in [1.54, 1.807) is 12.0 Å². The molecule has 0 saturated heterocycles. The summed E-state index contributed by atoms with van der Waals surface area (Å²) in [6, 6.07) is 20.7. The van der Waals surface area contributed by atoms with Crippen molar-refractivity contribution >= 4 is 23.5 Å². The number of aliphatic hydroxyl groups is 1. The van der Waals surface area contributed by atoms with Crippen molar-refractivity contribution in [2.75, 3.05) is 25.2 Å². The Bertz CT molecular complexity index is 1360. The monoisotopic (exact) mass is 558 g/mol. The number of anilines is 1. The third-order valence-corrected chi connectivity index (χ3v) is 7.12. The summed E-state index contributed by atoms with van der Waals surface area (Å²) in [6.45, 7) is 2.71. The number of benzene rings is 3. The second-order valence-electron chi connectivity index (χ2n) is 10.0. The smallest absolute Gasteiger partial charge is 0.315 e. The fourth-order valence-electron chi connectivity index (χ4n) is 5.01. The number of aryl methyl sites for hydroxylation is 1. The standard InChI is InChI=1S/C32H38N4O5/c1-3-6-30(38)35-28-15-13-24-19-26(41-2)14-16-29(24)36(31(28)39)21-22-9-11-23(12-10-22)27-8-5-4-7-25(27)20-34-32(40)33-17-18-37/h4-5,7-12,14,16,19,28,37H,3,6,13,15,17-18,20-21H2,1-2H3,(H,35,38)(H2,33,34,40)/t28-/m1/s1. The molecule has 3 aromatic rings. The number of methoxy groups -OCH3 is 1. The van der Waals surface area contributed by atoms with Crippen LogP contribution in [-0.4, -0.2) is 49.3 Å². The van der Waals surface area contributed by atoms with Crippen molar-refractivity contribution in [2.24, 2.45) is 0 Å². The fourth-order valence-corrected chi connectivity index (χ4v) is 5.01. The van der Waals surface area contributed by atoms with Gasteiger partial charge >= 0.3 is 6.03 Å². The van der Waals surface area contributed by atoms with E-state index in [-0.39, 0.29) is 31.0 Å². The van der Waals surface area contributed by atoms with Gasteiger partial charge < -0.3 is 30.7 Å². The molecule has 0 spiro atoms. The highest BCUT2D eigenvalue weighted by molar-refractivity contribution is 6.00. The van der Waals surface area contributed by atoms with Crippen LogP contribution in [0.1, 0.15) is 42.9 Å². The summed E-state index contributed by atoms with van der Waals surface area (Å²) >= 11 is 0. The minimum atomic E-state index is -0.597. The number of hydrogen-bond donors (Lipinski definition) is 4. The predicted molar refractivity (Wildman–Crippen MR) is 159 cm³/mol. The zero-order chi connectivity index (χ0) is 29.2. The average Bonchev–Trinajstić information content (AvgIpc) is 3.11. The molecule has 4 amide bonds. The molecule has 1 aliphatic rings. The average molecular weight is 559 g/mol. The SMILES string of the molecule is CCCC(=O)N[C@@H]1CCc2cc(OC)ccc2N(Cc2ccc(-c3ccccc3CNC(=O)NCCO)cc2)C1=O. The molecule has 0 saturated carbocycles. The van der Waals surface area contributed by atoms with E-state index >= 15 is 0 Å². The first kappa shape index (κ1) is 29.6. The normalized spacial score (nSPS) is 14.6. The number of ether oxygens (including phenoxy) is 1. The largest absolute Gasteiger partial charge is 0.497 e. The van der Waals surface area contributed by atoms with Crippen molar-refractivity contribution in [3.8, 4) is 16.9 Å². The Morgan fingerprint density at radius 1 is 1.05 bits per heavy atom. The van der Waals surface area contributed by atoms with E-state index in [1.165, 1.54) is 0 Å². The van der Waals surface area contributed by atoms with Crippen LogP contribution in [0.3, 0.4) is 0 Å². The van der Waals surface area contributed by atoms with Gasteiger partial charge in [-0.3, -0.25) is 9.59 Å². The van der Waals surface area contributed by atoms with Crippen LogP contribution >= 0.6 is 0 Å². The Hall–Kier alpha value is -4.37. The molecule has 4 N–H and O–H groups in total. The summed E-state index contributed by atoms with van der Waals surface area (Å²) in [5.74, 6) is 0.490. The van der Waals surface area contributed by atoms with Gasteiger partial charge in [-0.1, -0.05) is 55.5 Å². The lowest BCUT2D eigenvalue weighted by Crippen LogP contribution is -2.47. The van der Waals surface area contributed by atoms with Crippen molar-refractivity contribution in [3.63, 3.8) is 0 Å². The van der Waals surface area contributed by atoms with Gasteiger partial charge in [-0.25, -0.2) is 4.79 Å². The third-order valence-electron chi connectivity index (χ3n) is 7.12. The zero-order valence-electron chi connectivity index (χ0n) is 23.6. The number of carbonyl (C=O) groups excluding carboxylic acids is 3. The predicted octanol–water partition coefficient (Wildman–Crippen LogP) is 3.92. The first-order valence-corrected chi connectivity index (χ1v) is 14.0. The van der Waals surface area contributed by atoms with Gasteiger partial charge in [-0.2, -0.15) is 0 Å². The molecular formula is C32H38N4O5. The summed E-state index contributed by atoms with van der Waals surface area (Å²) in [4.78, 5) is 39.9. The lowest BCUT2D eigenvalue weighted by molar-refractivity contribution is -0.127. The molecule has 3 aromatic carbocycles. The van der Waals surface area contributed by atoms with Crippen LogP contribution in [0, 0.1) is 0 Å². The number of rotatable bonds is 11. The molecule has 216 valence electrons. The number of carbonyl (C=O) groups is 3. The topological polar surface area (TPSA) is 120 Å². The Labute approximate surface area is 240 Å². The lowest BCUT2D eigenvalue weighted by atomic mass is 9.98. The Balaban J connectivity index is 1.55. The summed E-state index contributed by atoms with van der Waals surface area (Å²) in [7, 11) is 1.62. The Morgan fingerprint density at radius 2 is 1.83 bits per heavy atom. The first-order chi connectivity index (χ1) is 19.9. The zero-order valence-corrected chi connectivity index (χ0v) is 23.6. The van der Waals surface area contributed by atoms with Gasteiger partial charge in [-0.05, 0) is 65.3 Å². The molecule has 0 bridgehead atoms. The summed E-state index contributed by atoms with van der Waals surface area (Å²) in [6.07, 6.45) is 2.27. The van der Waals surface area contributed by atoms with E-state index < -0.39 is 6.04 Å². The van der Waals surface area contributed by atoms with Crippen LogP contribution < -0.4 is 25.6 Å². The number of nitrogens with zero attached hydrogens (tertiary/aromatic N) is 1. The number of urea groups is 1. The molecule has 0 aliphatic carbocycles. The second kappa shape index (κ2) is 14.3. The number of nitrogens with one attached hydrogen (secondary N) is 3. The van der Waals surface area contributed by atoms with E-state index in [0.717, 1.165) is 45.7 Å². The summed E-state index contributed by atoms with van der Waals surface area (Å²) < 4.78 is 5.43. The van der Waals surface area contributed by atoms with Crippen LogP contribution in [0.5, 0.6) is 5.75 Å². The van der Waals surface area contributed by atoms with Crippen molar-refractivity contribution in [3.05, 3.63) is 83.4 Å². The molecule has 9 heteroatoms. The minimum absolute atomic E-state index is 0.113. The summed E-state index contributed by atoms with van der Waals surface area (Å²) in [5.41, 5.74) is 5.70. The molecule has 1 aliphatic heterocycles. The van der Waals surface area contributed by atoms with Crippen LogP contribution in [0.25, 0.3) is 11.1 Å². The maximum absolute atomic E-state index is 13.8. The Morgan fingerprint density at radius 3 is 2.56 bits per heavy atom. The molecule has 1 heterocycles.